The molecule has 0 saturated heterocycles. The molecular formula is C23H25N5O5S. The van der Waals surface area contributed by atoms with E-state index in [9.17, 15) is 9.59 Å². The minimum Gasteiger partial charge on any atom is -0.462 e. The van der Waals surface area contributed by atoms with E-state index in [4.69, 9.17) is 14.0 Å². The topological polar surface area (TPSA) is 119 Å². The summed E-state index contributed by atoms with van der Waals surface area (Å²) in [5.41, 5.74) is 2.70. The predicted octanol–water partition coefficient (Wildman–Crippen LogP) is 3.60. The van der Waals surface area contributed by atoms with Crippen molar-refractivity contribution in [2.24, 2.45) is 0 Å². The van der Waals surface area contributed by atoms with Gasteiger partial charge in [-0.1, -0.05) is 35.5 Å². The molecular weight excluding hydrogens is 458 g/mol. The van der Waals surface area contributed by atoms with E-state index in [1.54, 1.807) is 26.3 Å². The average Bonchev–Trinajstić information content (AvgIpc) is 3.56. The van der Waals surface area contributed by atoms with Gasteiger partial charge in [0.05, 0.1) is 24.0 Å². The van der Waals surface area contributed by atoms with Crippen LogP contribution in [-0.2, 0) is 22.4 Å². The van der Waals surface area contributed by atoms with Crippen molar-refractivity contribution in [3.8, 4) is 0 Å². The maximum absolute atomic E-state index is 12.7. The molecule has 1 aliphatic rings. The third-order valence-electron chi connectivity index (χ3n) is 5.19. The minimum atomic E-state index is -0.418. The first-order chi connectivity index (χ1) is 16.4. The Hall–Kier alpha value is -3.86. The van der Waals surface area contributed by atoms with E-state index in [-0.39, 0.29) is 19.2 Å². The molecule has 2 aromatic heterocycles. The highest BCUT2D eigenvalue weighted by Crippen LogP contribution is 2.20. The number of hydrogen-bond acceptors (Lipinski definition) is 8. The molecule has 2 N–H and O–H groups in total. The quantitative estimate of drug-likeness (QED) is 0.502. The van der Waals surface area contributed by atoms with Crippen molar-refractivity contribution >= 4 is 28.4 Å². The number of ether oxygens (including phenoxy) is 2. The van der Waals surface area contributed by atoms with E-state index in [0.717, 1.165) is 5.56 Å². The molecule has 1 atom stereocenters. The summed E-state index contributed by atoms with van der Waals surface area (Å²) in [6, 6.07) is 8.97. The average molecular weight is 484 g/mol. The number of nitrogens with zero attached hydrogens (tertiary/aromatic N) is 3. The number of aryl methyl sites for hydroxylation is 2. The molecule has 0 bridgehead atoms. The Bertz CT molecular complexity index is 1170. The van der Waals surface area contributed by atoms with Crippen molar-refractivity contribution in [2.45, 2.75) is 32.9 Å². The summed E-state index contributed by atoms with van der Waals surface area (Å²) in [6.45, 7) is 3.83. The number of hydrogen-bond donors (Lipinski definition) is 2. The summed E-state index contributed by atoms with van der Waals surface area (Å²) in [5, 5.41) is 11.7. The lowest BCUT2D eigenvalue weighted by Gasteiger charge is -2.18. The Morgan fingerprint density at radius 1 is 1.24 bits per heavy atom. The maximum Gasteiger partial charge on any atom is 0.321 e. The van der Waals surface area contributed by atoms with Gasteiger partial charge in [-0.2, -0.15) is 0 Å². The monoisotopic (exact) mass is 483 g/mol. The first kappa shape index (κ1) is 23.3. The van der Waals surface area contributed by atoms with Crippen LogP contribution < -0.4 is 10.6 Å². The molecule has 34 heavy (non-hydrogen) atoms. The summed E-state index contributed by atoms with van der Waals surface area (Å²) >= 11 is 1.28. The van der Waals surface area contributed by atoms with Gasteiger partial charge in [0.25, 0.3) is 5.91 Å². The summed E-state index contributed by atoms with van der Waals surface area (Å²) < 4.78 is 15.7. The van der Waals surface area contributed by atoms with Crippen molar-refractivity contribution in [2.75, 3.05) is 19.2 Å². The van der Waals surface area contributed by atoms with Gasteiger partial charge in [0, 0.05) is 18.8 Å². The summed E-state index contributed by atoms with van der Waals surface area (Å²) in [6.07, 6.45) is 2.06. The first-order valence-corrected chi connectivity index (χ1v) is 11.5. The lowest BCUT2D eigenvalue weighted by Crippen LogP contribution is -2.40. The molecule has 3 amide bonds. The highest BCUT2D eigenvalue weighted by Gasteiger charge is 2.24. The van der Waals surface area contributed by atoms with Crippen molar-refractivity contribution in [3.63, 3.8) is 0 Å². The van der Waals surface area contributed by atoms with Gasteiger partial charge >= 0.3 is 6.03 Å². The molecule has 0 radical (unpaired) electrons. The Labute approximate surface area is 200 Å². The zero-order valence-electron chi connectivity index (χ0n) is 19.0. The van der Waals surface area contributed by atoms with Crippen molar-refractivity contribution < 1.29 is 23.6 Å². The SMILES string of the molecule is Cc1noc(C)c1C(=O)N(C)Cc1csc(NC(=O)NC(Cc2ccccc2)C2=COCO2)n1. The van der Waals surface area contributed by atoms with Crippen LogP contribution >= 0.6 is 11.3 Å². The van der Waals surface area contributed by atoms with E-state index < -0.39 is 12.1 Å². The molecule has 0 spiro atoms. The predicted molar refractivity (Wildman–Crippen MR) is 125 cm³/mol. The van der Waals surface area contributed by atoms with E-state index >= 15 is 0 Å². The van der Waals surface area contributed by atoms with Crippen LogP contribution in [-0.4, -0.2) is 46.9 Å². The second kappa shape index (κ2) is 10.4. The van der Waals surface area contributed by atoms with Crippen molar-refractivity contribution in [3.05, 3.63) is 76.0 Å². The number of amides is 3. The summed E-state index contributed by atoms with van der Waals surface area (Å²) in [7, 11) is 1.68. The highest BCUT2D eigenvalue weighted by molar-refractivity contribution is 7.13. The van der Waals surface area contributed by atoms with E-state index in [2.05, 4.69) is 20.8 Å². The van der Waals surface area contributed by atoms with Crippen LogP contribution in [0.3, 0.4) is 0 Å². The number of rotatable bonds is 8. The van der Waals surface area contributed by atoms with Crippen molar-refractivity contribution in [1.29, 1.82) is 0 Å². The fourth-order valence-corrected chi connectivity index (χ4v) is 4.23. The van der Waals surface area contributed by atoms with E-state index in [1.807, 2.05) is 30.3 Å². The number of anilines is 1. The number of benzene rings is 1. The smallest absolute Gasteiger partial charge is 0.321 e. The maximum atomic E-state index is 12.7. The lowest BCUT2D eigenvalue weighted by atomic mass is 10.0. The molecule has 178 valence electrons. The van der Waals surface area contributed by atoms with Crippen molar-refractivity contribution in [1.82, 2.24) is 20.4 Å². The zero-order chi connectivity index (χ0) is 24.1. The lowest BCUT2D eigenvalue weighted by molar-refractivity contribution is 0.0739. The molecule has 10 nitrogen and oxygen atoms in total. The molecule has 0 fully saturated rings. The fraction of sp³-hybridized carbons (Fsp3) is 0.304. The van der Waals surface area contributed by atoms with E-state index in [1.165, 1.54) is 22.5 Å². The van der Waals surface area contributed by atoms with Crippen LogP contribution in [0.15, 0.2) is 52.3 Å². The van der Waals surface area contributed by atoms with Gasteiger partial charge in [0.15, 0.2) is 10.9 Å². The van der Waals surface area contributed by atoms with Gasteiger partial charge in [0.1, 0.15) is 17.6 Å². The van der Waals surface area contributed by atoms with Gasteiger partial charge in [-0.3, -0.25) is 10.1 Å². The zero-order valence-corrected chi connectivity index (χ0v) is 19.8. The van der Waals surface area contributed by atoms with Crippen LogP contribution in [0, 0.1) is 13.8 Å². The van der Waals surface area contributed by atoms with Crippen LogP contribution in [0.2, 0.25) is 0 Å². The van der Waals surface area contributed by atoms with Gasteiger partial charge in [-0.05, 0) is 19.4 Å². The number of aromatic nitrogens is 2. The number of thiazole rings is 1. The van der Waals surface area contributed by atoms with Crippen LogP contribution in [0.1, 0.15) is 33.1 Å². The Balaban J connectivity index is 1.36. The molecule has 0 saturated carbocycles. The number of carbonyl (C=O) groups excluding carboxylic acids is 2. The van der Waals surface area contributed by atoms with E-state index in [0.29, 0.717) is 40.0 Å². The summed E-state index contributed by atoms with van der Waals surface area (Å²) in [5.74, 6) is 0.828. The molecule has 0 aliphatic carbocycles. The molecule has 11 heteroatoms. The standard InChI is InChI=1S/C23H25N5O5S/c1-14-20(15(2)33-27-14)21(29)28(3)10-17-12-34-23(24-17)26-22(30)25-18(19-11-31-13-32-19)9-16-7-5-4-6-8-16/h4-8,11-12,18H,9-10,13H2,1-3H3,(H2,24,25,26,30). The first-order valence-electron chi connectivity index (χ1n) is 10.6. The van der Waals surface area contributed by atoms with Crippen LogP contribution in [0.25, 0.3) is 0 Å². The highest BCUT2D eigenvalue weighted by atomic mass is 32.1. The Morgan fingerprint density at radius 2 is 2.03 bits per heavy atom. The van der Waals surface area contributed by atoms with Gasteiger partial charge < -0.3 is 24.2 Å². The van der Waals surface area contributed by atoms with Gasteiger partial charge in [-0.15, -0.1) is 11.3 Å². The Morgan fingerprint density at radius 3 is 2.71 bits per heavy atom. The second-order valence-electron chi connectivity index (χ2n) is 7.79. The third kappa shape index (κ3) is 5.54. The minimum absolute atomic E-state index is 0.125. The normalized spacial score (nSPS) is 13.4. The molecule has 1 aliphatic heterocycles. The molecule has 4 rings (SSSR count). The molecule has 1 aromatic carbocycles. The van der Waals surface area contributed by atoms with Crippen LogP contribution in [0.5, 0.6) is 0 Å². The Kier molecular flexibility index (Phi) is 7.12. The second-order valence-corrected chi connectivity index (χ2v) is 8.65. The number of urea groups is 1. The fourth-order valence-electron chi connectivity index (χ4n) is 3.53. The number of nitrogens with one attached hydrogen (secondary N) is 2. The molecule has 1 unspecified atom stereocenters. The molecule has 3 aromatic rings. The van der Waals surface area contributed by atoms with Crippen LogP contribution in [0.4, 0.5) is 9.93 Å². The summed E-state index contributed by atoms with van der Waals surface area (Å²) in [4.78, 5) is 31.4. The van der Waals surface area contributed by atoms with Gasteiger partial charge in [-0.25, -0.2) is 9.78 Å². The molecule has 3 heterocycles. The number of carbonyl (C=O) groups is 2. The largest absolute Gasteiger partial charge is 0.462 e. The van der Waals surface area contributed by atoms with Gasteiger partial charge in [0.2, 0.25) is 6.79 Å². The third-order valence-corrected chi connectivity index (χ3v) is 6.00.